The van der Waals surface area contributed by atoms with E-state index in [4.69, 9.17) is 4.74 Å². The zero-order chi connectivity index (χ0) is 17.6. The Morgan fingerprint density at radius 3 is 2.80 bits per heavy atom. The molecule has 0 aliphatic rings. The number of carbonyl (C=O) groups is 1. The summed E-state index contributed by atoms with van der Waals surface area (Å²) in [5.74, 6) is 0.637. The summed E-state index contributed by atoms with van der Waals surface area (Å²) in [5.41, 5.74) is 3.31. The van der Waals surface area contributed by atoms with Crippen molar-refractivity contribution < 1.29 is 9.53 Å². The highest BCUT2D eigenvalue weighted by Crippen LogP contribution is 2.14. The molecule has 128 valence electrons. The monoisotopic (exact) mass is 336 g/mol. The lowest BCUT2D eigenvalue weighted by molar-refractivity contribution is 0.0951. The van der Waals surface area contributed by atoms with Crippen LogP contribution in [0.1, 0.15) is 15.9 Å². The Balaban J connectivity index is 1.70. The highest BCUT2D eigenvalue weighted by atomic mass is 16.5. The van der Waals surface area contributed by atoms with E-state index in [1.54, 1.807) is 24.1 Å². The molecule has 0 atom stereocenters. The van der Waals surface area contributed by atoms with E-state index >= 15 is 0 Å². The van der Waals surface area contributed by atoms with Crippen LogP contribution in [0.15, 0.2) is 60.9 Å². The van der Waals surface area contributed by atoms with Crippen LogP contribution < -0.4 is 15.4 Å². The zero-order valence-corrected chi connectivity index (χ0v) is 14.2. The van der Waals surface area contributed by atoms with E-state index in [9.17, 15) is 4.79 Å². The first-order valence-corrected chi connectivity index (χ1v) is 7.93. The summed E-state index contributed by atoms with van der Waals surface area (Å²) in [4.78, 5) is 12.4. The van der Waals surface area contributed by atoms with Crippen LogP contribution in [0.2, 0.25) is 0 Å². The molecule has 1 amide bonds. The quantitative estimate of drug-likeness (QED) is 0.726. The molecule has 6 heteroatoms. The fourth-order valence-electron chi connectivity index (χ4n) is 2.45. The van der Waals surface area contributed by atoms with E-state index in [1.807, 2.05) is 55.7 Å². The van der Waals surface area contributed by atoms with Gasteiger partial charge in [0.15, 0.2) is 0 Å². The SMILES string of the molecule is CNc1cnn(-c2cccc(C(=O)NCc3cccc(OC)c3)c2)c1. The normalized spacial score (nSPS) is 10.3. The van der Waals surface area contributed by atoms with Crippen LogP contribution in [0, 0.1) is 0 Å². The molecule has 0 aliphatic heterocycles. The molecule has 0 aliphatic carbocycles. The minimum absolute atomic E-state index is 0.134. The Labute approximate surface area is 146 Å². The Morgan fingerprint density at radius 1 is 1.20 bits per heavy atom. The molecule has 3 rings (SSSR count). The van der Waals surface area contributed by atoms with Crippen LogP contribution in [0.3, 0.4) is 0 Å². The summed E-state index contributed by atoms with van der Waals surface area (Å²) in [5, 5.41) is 10.2. The number of methoxy groups -OCH3 is 1. The van der Waals surface area contributed by atoms with Gasteiger partial charge in [-0.05, 0) is 35.9 Å². The maximum Gasteiger partial charge on any atom is 0.251 e. The lowest BCUT2D eigenvalue weighted by Crippen LogP contribution is -2.22. The highest BCUT2D eigenvalue weighted by Gasteiger charge is 2.08. The van der Waals surface area contributed by atoms with Crippen LogP contribution in [-0.2, 0) is 6.54 Å². The second-order valence-electron chi connectivity index (χ2n) is 5.51. The van der Waals surface area contributed by atoms with Gasteiger partial charge >= 0.3 is 0 Å². The maximum atomic E-state index is 12.4. The molecule has 3 aromatic rings. The Bertz CT molecular complexity index is 873. The molecule has 2 N–H and O–H groups in total. The molecule has 0 fully saturated rings. The minimum Gasteiger partial charge on any atom is -0.497 e. The topological polar surface area (TPSA) is 68.2 Å². The van der Waals surface area contributed by atoms with Crippen LogP contribution in [0.4, 0.5) is 5.69 Å². The van der Waals surface area contributed by atoms with Gasteiger partial charge in [-0.3, -0.25) is 4.79 Å². The van der Waals surface area contributed by atoms with Gasteiger partial charge in [-0.15, -0.1) is 0 Å². The average molecular weight is 336 g/mol. The van der Waals surface area contributed by atoms with E-state index in [0.29, 0.717) is 12.1 Å². The molecule has 0 bridgehead atoms. The zero-order valence-electron chi connectivity index (χ0n) is 14.2. The van der Waals surface area contributed by atoms with Gasteiger partial charge in [-0.2, -0.15) is 5.10 Å². The van der Waals surface area contributed by atoms with Gasteiger partial charge in [0, 0.05) is 19.2 Å². The number of anilines is 1. The number of rotatable bonds is 6. The molecule has 2 aromatic carbocycles. The van der Waals surface area contributed by atoms with Crippen LogP contribution >= 0.6 is 0 Å². The lowest BCUT2D eigenvalue weighted by atomic mass is 10.1. The molecule has 0 saturated carbocycles. The molecule has 0 saturated heterocycles. The summed E-state index contributed by atoms with van der Waals surface area (Å²) in [6.07, 6.45) is 3.60. The summed E-state index contributed by atoms with van der Waals surface area (Å²) in [6, 6.07) is 15.0. The fraction of sp³-hybridized carbons (Fsp3) is 0.158. The first-order chi connectivity index (χ1) is 12.2. The molecule has 25 heavy (non-hydrogen) atoms. The van der Waals surface area contributed by atoms with Crippen molar-refractivity contribution in [1.82, 2.24) is 15.1 Å². The third-order valence-electron chi connectivity index (χ3n) is 3.83. The van der Waals surface area contributed by atoms with E-state index < -0.39 is 0 Å². The fourth-order valence-corrected chi connectivity index (χ4v) is 2.45. The maximum absolute atomic E-state index is 12.4. The van der Waals surface area contributed by atoms with Crippen molar-refractivity contribution in [3.63, 3.8) is 0 Å². The number of amides is 1. The first kappa shape index (κ1) is 16.6. The van der Waals surface area contributed by atoms with E-state index in [1.165, 1.54) is 0 Å². The predicted octanol–water partition coefficient (Wildman–Crippen LogP) is 2.85. The summed E-state index contributed by atoms with van der Waals surface area (Å²) in [6.45, 7) is 0.436. The van der Waals surface area contributed by atoms with Gasteiger partial charge in [0.2, 0.25) is 0 Å². The number of benzene rings is 2. The van der Waals surface area contributed by atoms with Crippen LogP contribution in [-0.4, -0.2) is 29.8 Å². The molecule has 0 radical (unpaired) electrons. The van der Waals surface area contributed by atoms with E-state index in [-0.39, 0.29) is 5.91 Å². The highest BCUT2D eigenvalue weighted by molar-refractivity contribution is 5.94. The Hall–Kier alpha value is -3.28. The minimum atomic E-state index is -0.134. The van der Waals surface area contributed by atoms with Crippen molar-refractivity contribution in [2.24, 2.45) is 0 Å². The first-order valence-electron chi connectivity index (χ1n) is 7.93. The average Bonchev–Trinajstić information content (AvgIpc) is 3.15. The third-order valence-corrected chi connectivity index (χ3v) is 3.83. The number of aromatic nitrogens is 2. The van der Waals surface area contributed by atoms with Crippen molar-refractivity contribution in [2.75, 3.05) is 19.5 Å². The number of hydrogen-bond acceptors (Lipinski definition) is 4. The Morgan fingerprint density at radius 2 is 2.04 bits per heavy atom. The summed E-state index contributed by atoms with van der Waals surface area (Å²) in [7, 11) is 3.46. The number of carbonyl (C=O) groups excluding carboxylic acids is 1. The van der Waals surface area contributed by atoms with E-state index in [2.05, 4.69) is 15.7 Å². The second kappa shape index (κ2) is 7.53. The molecule has 1 aromatic heterocycles. The molecule has 0 spiro atoms. The number of ether oxygens (including phenoxy) is 1. The van der Waals surface area contributed by atoms with Crippen molar-refractivity contribution >= 4 is 11.6 Å². The molecule has 0 unspecified atom stereocenters. The third kappa shape index (κ3) is 3.98. The van der Waals surface area contributed by atoms with Gasteiger partial charge in [0.25, 0.3) is 5.91 Å². The predicted molar refractivity (Wildman–Crippen MR) is 97.3 cm³/mol. The van der Waals surface area contributed by atoms with Crippen molar-refractivity contribution in [3.05, 3.63) is 72.1 Å². The van der Waals surface area contributed by atoms with Gasteiger partial charge < -0.3 is 15.4 Å². The van der Waals surface area contributed by atoms with Crippen molar-refractivity contribution in [2.45, 2.75) is 6.54 Å². The largest absolute Gasteiger partial charge is 0.497 e. The Kier molecular flexibility index (Phi) is 4.99. The van der Waals surface area contributed by atoms with Gasteiger partial charge in [0.1, 0.15) is 5.75 Å². The molecule has 1 heterocycles. The number of nitrogens with one attached hydrogen (secondary N) is 2. The summed E-state index contributed by atoms with van der Waals surface area (Å²) >= 11 is 0. The number of hydrogen-bond donors (Lipinski definition) is 2. The molecular formula is C19H20N4O2. The molecule has 6 nitrogen and oxygen atoms in total. The van der Waals surface area contributed by atoms with Gasteiger partial charge in [-0.1, -0.05) is 18.2 Å². The second-order valence-corrected chi connectivity index (χ2v) is 5.51. The standard InChI is InChI=1S/C19H20N4O2/c1-20-16-12-22-23(13-16)17-7-4-6-15(10-17)19(24)21-11-14-5-3-8-18(9-14)25-2/h3-10,12-13,20H,11H2,1-2H3,(H,21,24). The van der Waals surface area contributed by atoms with Gasteiger partial charge in [-0.25, -0.2) is 4.68 Å². The van der Waals surface area contributed by atoms with Crippen molar-refractivity contribution in [1.29, 1.82) is 0 Å². The van der Waals surface area contributed by atoms with E-state index in [0.717, 1.165) is 22.7 Å². The number of nitrogens with zero attached hydrogens (tertiary/aromatic N) is 2. The lowest BCUT2D eigenvalue weighted by Gasteiger charge is -2.08. The smallest absolute Gasteiger partial charge is 0.251 e. The van der Waals surface area contributed by atoms with Crippen LogP contribution in [0.5, 0.6) is 5.75 Å². The molecular weight excluding hydrogens is 316 g/mol. The van der Waals surface area contributed by atoms with Crippen molar-refractivity contribution in [3.8, 4) is 11.4 Å². The van der Waals surface area contributed by atoms with Crippen LogP contribution in [0.25, 0.3) is 5.69 Å². The summed E-state index contributed by atoms with van der Waals surface area (Å²) < 4.78 is 6.92. The van der Waals surface area contributed by atoms with Gasteiger partial charge in [0.05, 0.1) is 30.9 Å².